The zero-order valence-electron chi connectivity index (χ0n) is 13.6. The van der Waals surface area contributed by atoms with Crippen molar-refractivity contribution in [1.29, 1.82) is 0 Å². The van der Waals surface area contributed by atoms with Gasteiger partial charge in [-0.2, -0.15) is 9.78 Å². The first kappa shape index (κ1) is 17.0. The molecule has 1 fully saturated rings. The lowest BCUT2D eigenvalue weighted by Crippen LogP contribution is -2.45. The van der Waals surface area contributed by atoms with E-state index >= 15 is 0 Å². The second kappa shape index (κ2) is 6.98. The highest BCUT2D eigenvalue weighted by Crippen LogP contribution is 2.10. The Balaban J connectivity index is 1.93. The van der Waals surface area contributed by atoms with Gasteiger partial charge in [-0.3, -0.25) is 14.2 Å². The van der Waals surface area contributed by atoms with Gasteiger partial charge in [-0.05, 0) is 37.1 Å². The fourth-order valence-corrected chi connectivity index (χ4v) is 2.56. The monoisotopic (exact) mass is 348 g/mol. The Labute approximate surface area is 141 Å². The van der Waals surface area contributed by atoms with Crippen LogP contribution in [-0.4, -0.2) is 39.5 Å². The molecule has 0 bridgehead atoms. The van der Waals surface area contributed by atoms with Gasteiger partial charge in [0.15, 0.2) is 0 Å². The van der Waals surface area contributed by atoms with E-state index in [-0.39, 0.29) is 18.3 Å². The maximum Gasteiger partial charge on any atom is 0.351 e. The molecule has 0 saturated carbocycles. The molecule has 1 aliphatic heterocycles. The van der Waals surface area contributed by atoms with E-state index < -0.39 is 28.7 Å². The highest BCUT2D eigenvalue weighted by Gasteiger charge is 2.21. The Morgan fingerprint density at radius 2 is 2.08 bits per heavy atom. The van der Waals surface area contributed by atoms with E-state index in [4.69, 9.17) is 4.74 Å². The smallest absolute Gasteiger partial charge is 0.351 e. The molecule has 0 aliphatic carbocycles. The van der Waals surface area contributed by atoms with Gasteiger partial charge in [0.25, 0.3) is 11.5 Å². The van der Waals surface area contributed by atoms with Gasteiger partial charge in [0.05, 0.1) is 11.8 Å². The van der Waals surface area contributed by atoms with Crippen molar-refractivity contribution in [2.45, 2.75) is 18.9 Å². The van der Waals surface area contributed by atoms with Crippen LogP contribution >= 0.6 is 0 Å². The molecule has 9 heteroatoms. The largest absolute Gasteiger partial charge is 0.376 e. The van der Waals surface area contributed by atoms with Gasteiger partial charge in [0.1, 0.15) is 5.82 Å². The molecule has 132 valence electrons. The average molecular weight is 348 g/mol. The third-order valence-corrected chi connectivity index (χ3v) is 3.98. The van der Waals surface area contributed by atoms with E-state index in [1.807, 2.05) is 0 Å². The predicted octanol–water partition coefficient (Wildman–Crippen LogP) is -0.0209. The SMILES string of the molecule is Cn1c(=O)c(C(=O)NCC2CCCO2)nn(-c2ccc(F)cc2)c1=O. The van der Waals surface area contributed by atoms with Crippen LogP contribution in [0.3, 0.4) is 0 Å². The Morgan fingerprint density at radius 1 is 1.36 bits per heavy atom. The van der Waals surface area contributed by atoms with Crippen LogP contribution < -0.4 is 16.6 Å². The number of aromatic nitrogens is 3. The second-order valence-corrected chi connectivity index (χ2v) is 5.73. The van der Waals surface area contributed by atoms with E-state index in [0.717, 1.165) is 34.2 Å². The number of nitrogens with one attached hydrogen (secondary N) is 1. The van der Waals surface area contributed by atoms with Crippen molar-refractivity contribution in [2.75, 3.05) is 13.2 Å². The normalized spacial score (nSPS) is 16.8. The molecule has 3 rings (SSSR count). The predicted molar refractivity (Wildman–Crippen MR) is 86.3 cm³/mol. The molecule has 0 spiro atoms. The summed E-state index contributed by atoms with van der Waals surface area (Å²) in [6, 6.07) is 4.99. The summed E-state index contributed by atoms with van der Waals surface area (Å²) in [5.74, 6) is -1.16. The summed E-state index contributed by atoms with van der Waals surface area (Å²) in [6.45, 7) is 0.912. The molecule has 25 heavy (non-hydrogen) atoms. The molecule has 8 nitrogen and oxygen atoms in total. The van der Waals surface area contributed by atoms with E-state index in [2.05, 4.69) is 10.4 Å². The van der Waals surface area contributed by atoms with Gasteiger partial charge < -0.3 is 10.1 Å². The van der Waals surface area contributed by atoms with Crippen LogP contribution in [0.2, 0.25) is 0 Å². The Kier molecular flexibility index (Phi) is 4.75. The first-order valence-corrected chi connectivity index (χ1v) is 7.83. The number of carbonyl (C=O) groups is 1. The van der Waals surface area contributed by atoms with Gasteiger partial charge >= 0.3 is 5.69 Å². The van der Waals surface area contributed by atoms with Crippen molar-refractivity contribution < 1.29 is 13.9 Å². The lowest BCUT2D eigenvalue weighted by Gasteiger charge is -2.12. The number of rotatable bonds is 4. The second-order valence-electron chi connectivity index (χ2n) is 5.73. The molecule has 1 amide bonds. The standard InChI is InChI=1S/C16H17FN4O4/c1-20-15(23)13(14(22)18-9-12-3-2-8-25-12)19-21(16(20)24)11-6-4-10(17)5-7-11/h4-7,12H,2-3,8-9H2,1H3,(H,18,22). The number of hydrogen-bond donors (Lipinski definition) is 1. The molecule has 1 aromatic heterocycles. The van der Waals surface area contributed by atoms with Crippen molar-refractivity contribution in [3.8, 4) is 5.69 Å². The van der Waals surface area contributed by atoms with Crippen LogP contribution in [-0.2, 0) is 11.8 Å². The molecule has 1 aromatic carbocycles. The van der Waals surface area contributed by atoms with Crippen molar-refractivity contribution in [3.63, 3.8) is 0 Å². The van der Waals surface area contributed by atoms with Crippen LogP contribution in [0.4, 0.5) is 4.39 Å². The zero-order valence-corrected chi connectivity index (χ0v) is 13.6. The number of hydrogen-bond acceptors (Lipinski definition) is 5. The van der Waals surface area contributed by atoms with E-state index in [1.54, 1.807) is 0 Å². The summed E-state index contributed by atoms with van der Waals surface area (Å²) in [7, 11) is 1.25. The number of benzene rings is 1. The van der Waals surface area contributed by atoms with Gasteiger partial charge in [0, 0.05) is 20.2 Å². The molecule has 0 radical (unpaired) electrons. The highest BCUT2D eigenvalue weighted by atomic mass is 19.1. The minimum atomic E-state index is -0.798. The Hall–Kier alpha value is -2.81. The third-order valence-electron chi connectivity index (χ3n) is 3.98. The zero-order chi connectivity index (χ0) is 18.0. The van der Waals surface area contributed by atoms with Gasteiger partial charge in [-0.1, -0.05) is 0 Å². The minimum absolute atomic E-state index is 0.0872. The lowest BCUT2D eigenvalue weighted by atomic mass is 10.2. The van der Waals surface area contributed by atoms with Crippen LogP contribution in [0.5, 0.6) is 0 Å². The minimum Gasteiger partial charge on any atom is -0.376 e. The van der Waals surface area contributed by atoms with Crippen LogP contribution in [0.25, 0.3) is 5.69 Å². The Morgan fingerprint density at radius 3 is 2.72 bits per heavy atom. The third kappa shape index (κ3) is 3.50. The summed E-state index contributed by atoms with van der Waals surface area (Å²) in [4.78, 5) is 36.7. The molecule has 1 unspecified atom stereocenters. The number of nitrogens with zero attached hydrogens (tertiary/aromatic N) is 3. The number of carbonyl (C=O) groups excluding carboxylic acids is 1. The van der Waals surface area contributed by atoms with Crippen LogP contribution in [0.15, 0.2) is 33.9 Å². The van der Waals surface area contributed by atoms with Gasteiger partial charge in [-0.15, -0.1) is 0 Å². The first-order valence-electron chi connectivity index (χ1n) is 7.83. The summed E-state index contributed by atoms with van der Waals surface area (Å²) >= 11 is 0. The fraction of sp³-hybridized carbons (Fsp3) is 0.375. The molecule has 1 N–H and O–H groups in total. The van der Waals surface area contributed by atoms with Crippen molar-refractivity contribution in [3.05, 3.63) is 56.6 Å². The van der Waals surface area contributed by atoms with Crippen LogP contribution in [0.1, 0.15) is 23.3 Å². The maximum absolute atomic E-state index is 13.1. The summed E-state index contributed by atoms with van der Waals surface area (Å²) in [6.07, 6.45) is 1.67. The summed E-state index contributed by atoms with van der Waals surface area (Å²) < 4.78 is 20.2. The van der Waals surface area contributed by atoms with Crippen molar-refractivity contribution >= 4 is 5.91 Å². The van der Waals surface area contributed by atoms with Gasteiger partial charge in [-0.25, -0.2) is 9.18 Å². The molecular weight excluding hydrogens is 331 g/mol. The Bertz CT molecular complexity index is 898. The lowest BCUT2D eigenvalue weighted by molar-refractivity contribution is 0.0850. The van der Waals surface area contributed by atoms with Gasteiger partial charge in [0.2, 0.25) is 5.69 Å². The van der Waals surface area contributed by atoms with Crippen molar-refractivity contribution in [1.82, 2.24) is 19.7 Å². The van der Waals surface area contributed by atoms with Crippen LogP contribution in [0, 0.1) is 5.82 Å². The van der Waals surface area contributed by atoms with Crippen molar-refractivity contribution in [2.24, 2.45) is 7.05 Å². The summed E-state index contributed by atoms with van der Waals surface area (Å²) in [5.41, 5.74) is -1.69. The molecule has 2 aromatic rings. The van der Waals surface area contributed by atoms with E-state index in [1.165, 1.54) is 19.2 Å². The van der Waals surface area contributed by atoms with E-state index in [0.29, 0.717) is 6.61 Å². The molecule has 2 heterocycles. The molecule has 1 atom stereocenters. The summed E-state index contributed by atoms with van der Waals surface area (Å²) in [5, 5.41) is 6.47. The molecule has 1 saturated heterocycles. The molecule has 1 aliphatic rings. The quantitative estimate of drug-likeness (QED) is 0.838. The topological polar surface area (TPSA) is 95.2 Å². The number of amides is 1. The highest BCUT2D eigenvalue weighted by molar-refractivity contribution is 5.91. The average Bonchev–Trinajstić information content (AvgIpc) is 3.12. The first-order chi connectivity index (χ1) is 12.0. The maximum atomic E-state index is 13.1. The molecular formula is C16H17FN4O4. The van der Waals surface area contributed by atoms with E-state index in [9.17, 15) is 18.8 Å². The number of ether oxygens (including phenoxy) is 1. The fourth-order valence-electron chi connectivity index (χ4n) is 2.56. The number of halogens is 1.